The summed E-state index contributed by atoms with van der Waals surface area (Å²) < 4.78 is 16.5. The molecule has 8 nitrogen and oxygen atoms in total. The molecule has 8 heteroatoms. The topological polar surface area (TPSA) is 80.8 Å². The van der Waals surface area contributed by atoms with E-state index in [1.807, 2.05) is 12.1 Å². The molecule has 0 amide bonds. The first-order valence-electron chi connectivity index (χ1n) is 12.4. The van der Waals surface area contributed by atoms with Crippen LogP contribution >= 0.6 is 0 Å². The van der Waals surface area contributed by atoms with Gasteiger partial charge in [-0.25, -0.2) is 4.98 Å². The second kappa shape index (κ2) is 11.1. The molecule has 1 aromatic carbocycles. The second-order valence-electron chi connectivity index (χ2n) is 9.46. The van der Waals surface area contributed by atoms with E-state index in [0.29, 0.717) is 23.6 Å². The number of fused-ring (bicyclic) bond motifs is 1. The van der Waals surface area contributed by atoms with Crippen LogP contribution in [-0.4, -0.2) is 57.5 Å². The van der Waals surface area contributed by atoms with Gasteiger partial charge in [0.05, 0.1) is 27.0 Å². The molecule has 0 atom stereocenters. The SMILES string of the molecule is COc1ccc(CN[C@H]2CC[C@@H](Nc3nc4c(c(N(C)C)n3)CCCC4)CC2)c(OC)c1OC. The molecule has 1 fully saturated rings. The molecule has 0 saturated heterocycles. The third-order valence-electron chi connectivity index (χ3n) is 7.01. The zero-order valence-corrected chi connectivity index (χ0v) is 21.2. The molecule has 4 rings (SSSR count). The van der Waals surface area contributed by atoms with Gasteiger partial charge in [0.2, 0.25) is 11.7 Å². The second-order valence-corrected chi connectivity index (χ2v) is 9.46. The van der Waals surface area contributed by atoms with Gasteiger partial charge in [0, 0.05) is 43.9 Å². The smallest absolute Gasteiger partial charge is 0.225 e. The number of hydrogen-bond donors (Lipinski definition) is 2. The van der Waals surface area contributed by atoms with E-state index in [1.54, 1.807) is 21.3 Å². The Morgan fingerprint density at radius 1 is 0.882 bits per heavy atom. The molecule has 1 heterocycles. The van der Waals surface area contributed by atoms with Crippen molar-refractivity contribution < 1.29 is 14.2 Å². The lowest BCUT2D eigenvalue weighted by Gasteiger charge is -2.31. The Balaban J connectivity index is 1.34. The molecule has 2 N–H and O–H groups in total. The van der Waals surface area contributed by atoms with Crippen LogP contribution in [0.2, 0.25) is 0 Å². The molecule has 2 aromatic rings. The van der Waals surface area contributed by atoms with Gasteiger partial charge in [-0.2, -0.15) is 4.98 Å². The van der Waals surface area contributed by atoms with Gasteiger partial charge in [-0.15, -0.1) is 0 Å². The molecular formula is C26H39N5O3. The molecule has 2 aliphatic carbocycles. The summed E-state index contributed by atoms with van der Waals surface area (Å²) in [6, 6.07) is 4.85. The number of hydrogen-bond acceptors (Lipinski definition) is 8. The largest absolute Gasteiger partial charge is 0.493 e. The summed E-state index contributed by atoms with van der Waals surface area (Å²) in [6.07, 6.45) is 9.01. The fourth-order valence-corrected chi connectivity index (χ4v) is 5.19. The van der Waals surface area contributed by atoms with Gasteiger partial charge in [-0.1, -0.05) is 6.07 Å². The molecule has 1 aromatic heterocycles. The molecule has 186 valence electrons. The number of aryl methyl sites for hydroxylation is 1. The molecule has 2 aliphatic rings. The highest BCUT2D eigenvalue weighted by Gasteiger charge is 2.24. The lowest BCUT2D eigenvalue weighted by atomic mass is 9.91. The molecule has 1 saturated carbocycles. The molecule has 0 unspecified atom stereocenters. The van der Waals surface area contributed by atoms with Crippen molar-refractivity contribution in [3.05, 3.63) is 29.0 Å². The van der Waals surface area contributed by atoms with Crippen LogP contribution in [0.15, 0.2) is 12.1 Å². The van der Waals surface area contributed by atoms with Crippen molar-refractivity contribution in [2.75, 3.05) is 45.6 Å². The Kier molecular flexibility index (Phi) is 7.98. The van der Waals surface area contributed by atoms with Crippen molar-refractivity contribution in [3.8, 4) is 17.2 Å². The minimum Gasteiger partial charge on any atom is -0.493 e. The zero-order chi connectivity index (χ0) is 24.1. The third-order valence-corrected chi connectivity index (χ3v) is 7.01. The quantitative estimate of drug-likeness (QED) is 0.571. The van der Waals surface area contributed by atoms with Gasteiger partial charge in [-0.05, 0) is 57.4 Å². The summed E-state index contributed by atoms with van der Waals surface area (Å²) in [4.78, 5) is 11.9. The predicted octanol–water partition coefficient (Wildman–Crippen LogP) is 3.96. The molecule has 0 radical (unpaired) electrons. The summed E-state index contributed by atoms with van der Waals surface area (Å²) >= 11 is 0. The van der Waals surface area contributed by atoms with Crippen LogP contribution in [0.25, 0.3) is 0 Å². The number of ether oxygens (including phenoxy) is 3. The highest BCUT2D eigenvalue weighted by Crippen LogP contribution is 2.40. The van der Waals surface area contributed by atoms with E-state index in [1.165, 1.54) is 24.1 Å². The van der Waals surface area contributed by atoms with Crippen LogP contribution in [-0.2, 0) is 19.4 Å². The molecule has 0 spiro atoms. The van der Waals surface area contributed by atoms with Crippen LogP contribution in [0.3, 0.4) is 0 Å². The Morgan fingerprint density at radius 3 is 2.26 bits per heavy atom. The summed E-state index contributed by atoms with van der Waals surface area (Å²) in [6.45, 7) is 0.729. The monoisotopic (exact) mass is 469 g/mol. The maximum Gasteiger partial charge on any atom is 0.225 e. The van der Waals surface area contributed by atoms with E-state index in [4.69, 9.17) is 24.2 Å². The van der Waals surface area contributed by atoms with E-state index < -0.39 is 0 Å². The van der Waals surface area contributed by atoms with Gasteiger partial charge in [0.25, 0.3) is 0 Å². The number of methoxy groups -OCH3 is 3. The Morgan fingerprint density at radius 2 is 1.59 bits per heavy atom. The highest BCUT2D eigenvalue weighted by atomic mass is 16.5. The summed E-state index contributed by atoms with van der Waals surface area (Å²) in [5.74, 6) is 3.91. The lowest BCUT2D eigenvalue weighted by molar-refractivity contribution is 0.318. The Labute approximate surface area is 203 Å². The van der Waals surface area contributed by atoms with Crippen molar-refractivity contribution in [2.24, 2.45) is 0 Å². The number of nitrogens with zero attached hydrogens (tertiary/aromatic N) is 3. The van der Waals surface area contributed by atoms with Crippen molar-refractivity contribution in [2.45, 2.75) is 70.0 Å². The van der Waals surface area contributed by atoms with Crippen molar-refractivity contribution in [3.63, 3.8) is 0 Å². The molecule has 34 heavy (non-hydrogen) atoms. The van der Waals surface area contributed by atoms with Gasteiger partial charge < -0.3 is 29.7 Å². The number of aromatic nitrogens is 2. The molecule has 0 bridgehead atoms. The van der Waals surface area contributed by atoms with E-state index >= 15 is 0 Å². The maximum absolute atomic E-state index is 5.63. The average molecular weight is 470 g/mol. The Bertz CT molecular complexity index is 973. The summed E-state index contributed by atoms with van der Waals surface area (Å²) in [7, 11) is 9.09. The van der Waals surface area contributed by atoms with E-state index in [-0.39, 0.29) is 0 Å². The fourth-order valence-electron chi connectivity index (χ4n) is 5.19. The standard InChI is InChI=1S/C26H39N5O3/c1-31(2)25-20-8-6-7-9-21(20)29-26(30-25)28-19-13-11-18(12-14-19)27-16-17-10-15-22(32-3)24(34-5)23(17)33-4/h10,15,18-19,27H,6-9,11-14,16H2,1-5H3,(H,28,29,30)/t18-,19+. The van der Waals surface area contributed by atoms with E-state index in [0.717, 1.165) is 68.1 Å². The van der Waals surface area contributed by atoms with Crippen LogP contribution in [0, 0.1) is 0 Å². The van der Waals surface area contributed by atoms with Gasteiger partial charge in [-0.3, -0.25) is 0 Å². The molecule has 0 aliphatic heterocycles. The van der Waals surface area contributed by atoms with E-state index in [2.05, 4.69) is 29.6 Å². The lowest BCUT2D eigenvalue weighted by Crippen LogP contribution is -2.37. The third kappa shape index (κ3) is 5.32. The van der Waals surface area contributed by atoms with Gasteiger partial charge >= 0.3 is 0 Å². The number of rotatable bonds is 9. The van der Waals surface area contributed by atoms with Crippen molar-refractivity contribution >= 4 is 11.8 Å². The first-order valence-corrected chi connectivity index (χ1v) is 12.4. The number of anilines is 2. The number of nitrogens with one attached hydrogen (secondary N) is 2. The molecular weight excluding hydrogens is 430 g/mol. The maximum atomic E-state index is 5.63. The minimum atomic E-state index is 0.408. The Hall–Kier alpha value is -2.74. The summed E-state index contributed by atoms with van der Waals surface area (Å²) in [5.41, 5.74) is 3.63. The fraction of sp³-hybridized carbons (Fsp3) is 0.615. The van der Waals surface area contributed by atoms with Crippen molar-refractivity contribution in [1.29, 1.82) is 0 Å². The van der Waals surface area contributed by atoms with E-state index in [9.17, 15) is 0 Å². The van der Waals surface area contributed by atoms with Crippen molar-refractivity contribution in [1.82, 2.24) is 15.3 Å². The summed E-state index contributed by atoms with van der Waals surface area (Å²) in [5, 5.41) is 7.35. The minimum absolute atomic E-state index is 0.408. The highest BCUT2D eigenvalue weighted by molar-refractivity contribution is 5.56. The first-order chi connectivity index (χ1) is 16.5. The first kappa shape index (κ1) is 24.4. The average Bonchev–Trinajstić information content (AvgIpc) is 2.87. The van der Waals surface area contributed by atoms with Gasteiger partial charge in [0.15, 0.2) is 11.5 Å². The van der Waals surface area contributed by atoms with Crippen LogP contribution < -0.4 is 29.7 Å². The van der Waals surface area contributed by atoms with Crippen LogP contribution in [0.4, 0.5) is 11.8 Å². The normalized spacial score (nSPS) is 19.8. The van der Waals surface area contributed by atoms with Crippen LogP contribution in [0.5, 0.6) is 17.2 Å². The van der Waals surface area contributed by atoms with Crippen LogP contribution in [0.1, 0.15) is 55.3 Å². The van der Waals surface area contributed by atoms with Gasteiger partial charge in [0.1, 0.15) is 5.82 Å². The predicted molar refractivity (Wildman–Crippen MR) is 136 cm³/mol. The zero-order valence-electron chi connectivity index (χ0n) is 21.2. The number of benzene rings is 1.